The highest BCUT2D eigenvalue weighted by molar-refractivity contribution is 5.79. The Kier molecular flexibility index (Phi) is 3.72. The van der Waals surface area contributed by atoms with Gasteiger partial charge in [0.15, 0.2) is 0 Å². The molecule has 3 rings (SSSR count). The van der Waals surface area contributed by atoms with E-state index in [0.29, 0.717) is 0 Å². The van der Waals surface area contributed by atoms with Crippen LogP contribution in [0, 0.1) is 13.8 Å². The predicted molar refractivity (Wildman–Crippen MR) is 88.3 cm³/mol. The summed E-state index contributed by atoms with van der Waals surface area (Å²) in [6.07, 6.45) is 2.67. The molecule has 0 saturated carbocycles. The molecule has 1 aromatic heterocycles. The number of benzene rings is 2. The van der Waals surface area contributed by atoms with E-state index in [-0.39, 0.29) is 6.04 Å². The number of rotatable bonds is 3. The maximum Gasteiger partial charge on any atom is 0.0705 e. The minimum atomic E-state index is -0.00286. The van der Waals surface area contributed by atoms with Crippen molar-refractivity contribution in [3.05, 3.63) is 77.0 Å². The summed E-state index contributed by atoms with van der Waals surface area (Å²) >= 11 is 0. The SMILES string of the molecule is Cc1ccc(C)c(CC(N)c2ccc3cccnc3c2)c1. The van der Waals surface area contributed by atoms with E-state index in [9.17, 15) is 0 Å². The number of nitrogens with zero attached hydrogens (tertiary/aromatic N) is 1. The van der Waals surface area contributed by atoms with Gasteiger partial charge >= 0.3 is 0 Å². The quantitative estimate of drug-likeness (QED) is 0.782. The molecule has 0 radical (unpaired) electrons. The van der Waals surface area contributed by atoms with Crippen molar-refractivity contribution < 1.29 is 0 Å². The molecule has 0 saturated heterocycles. The number of aryl methyl sites for hydroxylation is 2. The summed E-state index contributed by atoms with van der Waals surface area (Å²) < 4.78 is 0. The molecule has 0 aliphatic heterocycles. The second-order valence-electron chi connectivity index (χ2n) is 5.70. The van der Waals surface area contributed by atoms with Gasteiger partial charge in [0.1, 0.15) is 0 Å². The number of hydrogen-bond acceptors (Lipinski definition) is 2. The van der Waals surface area contributed by atoms with Crippen LogP contribution in [0.25, 0.3) is 10.9 Å². The number of aromatic nitrogens is 1. The lowest BCUT2D eigenvalue weighted by Gasteiger charge is -2.15. The van der Waals surface area contributed by atoms with Gasteiger partial charge in [-0.05, 0) is 49.1 Å². The average Bonchev–Trinajstić information content (AvgIpc) is 2.50. The van der Waals surface area contributed by atoms with Crippen LogP contribution in [-0.2, 0) is 6.42 Å². The molecule has 2 heteroatoms. The second-order valence-corrected chi connectivity index (χ2v) is 5.70. The van der Waals surface area contributed by atoms with E-state index in [1.54, 1.807) is 0 Å². The fourth-order valence-corrected chi connectivity index (χ4v) is 2.69. The van der Waals surface area contributed by atoms with Gasteiger partial charge in [0.05, 0.1) is 5.52 Å². The Bertz CT molecular complexity index is 777. The summed E-state index contributed by atoms with van der Waals surface area (Å²) in [4.78, 5) is 4.41. The van der Waals surface area contributed by atoms with Crippen LogP contribution in [0.3, 0.4) is 0 Å². The first kappa shape index (κ1) is 13.8. The minimum Gasteiger partial charge on any atom is -0.324 e. The van der Waals surface area contributed by atoms with Gasteiger partial charge in [-0.25, -0.2) is 0 Å². The van der Waals surface area contributed by atoms with E-state index in [4.69, 9.17) is 5.73 Å². The lowest BCUT2D eigenvalue weighted by atomic mass is 9.95. The van der Waals surface area contributed by atoms with Crippen molar-refractivity contribution in [3.63, 3.8) is 0 Å². The Morgan fingerprint density at radius 2 is 1.90 bits per heavy atom. The van der Waals surface area contributed by atoms with Gasteiger partial charge in [-0.3, -0.25) is 4.98 Å². The minimum absolute atomic E-state index is 0.00286. The topological polar surface area (TPSA) is 38.9 Å². The highest BCUT2D eigenvalue weighted by Gasteiger charge is 2.10. The molecular formula is C19H20N2. The number of fused-ring (bicyclic) bond motifs is 1. The van der Waals surface area contributed by atoms with Crippen LogP contribution in [-0.4, -0.2) is 4.98 Å². The van der Waals surface area contributed by atoms with Crippen LogP contribution in [0.4, 0.5) is 0 Å². The van der Waals surface area contributed by atoms with E-state index in [0.717, 1.165) is 22.9 Å². The predicted octanol–water partition coefficient (Wildman–Crippen LogP) is 4.09. The molecule has 2 aromatic carbocycles. The normalized spacial score (nSPS) is 12.5. The first-order valence-electron chi connectivity index (χ1n) is 7.30. The molecule has 0 bridgehead atoms. The van der Waals surface area contributed by atoms with Gasteiger partial charge in [-0.2, -0.15) is 0 Å². The van der Waals surface area contributed by atoms with Gasteiger partial charge in [0.25, 0.3) is 0 Å². The highest BCUT2D eigenvalue weighted by Crippen LogP contribution is 2.22. The number of pyridine rings is 1. The second kappa shape index (κ2) is 5.66. The van der Waals surface area contributed by atoms with Crippen molar-refractivity contribution in [1.29, 1.82) is 0 Å². The van der Waals surface area contributed by atoms with Crippen molar-refractivity contribution in [2.75, 3.05) is 0 Å². The molecule has 1 unspecified atom stereocenters. The van der Waals surface area contributed by atoms with Crippen molar-refractivity contribution in [3.8, 4) is 0 Å². The lowest BCUT2D eigenvalue weighted by Crippen LogP contribution is -2.14. The Morgan fingerprint density at radius 1 is 1.05 bits per heavy atom. The van der Waals surface area contributed by atoms with Gasteiger partial charge < -0.3 is 5.73 Å². The molecule has 0 amide bonds. The van der Waals surface area contributed by atoms with E-state index >= 15 is 0 Å². The van der Waals surface area contributed by atoms with Crippen LogP contribution >= 0.6 is 0 Å². The molecule has 3 aromatic rings. The molecule has 0 aliphatic carbocycles. The van der Waals surface area contributed by atoms with Gasteiger partial charge in [0, 0.05) is 17.6 Å². The average molecular weight is 276 g/mol. The van der Waals surface area contributed by atoms with Crippen molar-refractivity contribution in [2.24, 2.45) is 5.73 Å². The fourth-order valence-electron chi connectivity index (χ4n) is 2.69. The molecule has 2 nitrogen and oxygen atoms in total. The summed E-state index contributed by atoms with van der Waals surface area (Å²) in [5, 5.41) is 1.15. The zero-order chi connectivity index (χ0) is 14.8. The van der Waals surface area contributed by atoms with Crippen LogP contribution in [0.1, 0.15) is 28.3 Å². The summed E-state index contributed by atoms with van der Waals surface area (Å²) in [5.74, 6) is 0. The molecule has 0 spiro atoms. The van der Waals surface area contributed by atoms with E-state index in [2.05, 4.69) is 61.3 Å². The maximum absolute atomic E-state index is 6.41. The summed E-state index contributed by atoms with van der Waals surface area (Å²) in [5.41, 5.74) is 12.5. The highest BCUT2D eigenvalue weighted by atomic mass is 14.7. The zero-order valence-electron chi connectivity index (χ0n) is 12.5. The third kappa shape index (κ3) is 2.96. The first-order valence-corrected chi connectivity index (χ1v) is 7.30. The lowest BCUT2D eigenvalue weighted by molar-refractivity contribution is 0.719. The molecule has 0 fully saturated rings. The van der Waals surface area contributed by atoms with E-state index < -0.39 is 0 Å². The molecule has 106 valence electrons. The van der Waals surface area contributed by atoms with Crippen LogP contribution < -0.4 is 5.73 Å². The summed E-state index contributed by atoms with van der Waals surface area (Å²) in [6, 6.07) is 16.9. The fraction of sp³-hybridized carbons (Fsp3) is 0.211. The monoisotopic (exact) mass is 276 g/mol. The van der Waals surface area contributed by atoms with Crippen molar-refractivity contribution >= 4 is 10.9 Å². The Balaban J connectivity index is 1.89. The smallest absolute Gasteiger partial charge is 0.0705 e. The first-order chi connectivity index (χ1) is 10.1. The molecule has 21 heavy (non-hydrogen) atoms. The van der Waals surface area contributed by atoms with Gasteiger partial charge in [-0.15, -0.1) is 0 Å². The Morgan fingerprint density at radius 3 is 2.76 bits per heavy atom. The van der Waals surface area contributed by atoms with Crippen molar-refractivity contribution in [1.82, 2.24) is 4.98 Å². The standard InChI is InChI=1S/C19H20N2/c1-13-5-6-14(2)17(10-13)11-18(20)16-8-7-15-4-3-9-21-19(15)12-16/h3-10,12,18H,11,20H2,1-2H3. The van der Waals surface area contributed by atoms with Crippen LogP contribution in [0.15, 0.2) is 54.7 Å². The molecule has 2 N–H and O–H groups in total. The number of nitrogens with two attached hydrogens (primary N) is 1. The van der Waals surface area contributed by atoms with Crippen molar-refractivity contribution in [2.45, 2.75) is 26.3 Å². The number of hydrogen-bond donors (Lipinski definition) is 1. The molecule has 1 atom stereocenters. The molecule has 0 aliphatic rings. The van der Waals surface area contributed by atoms with Gasteiger partial charge in [0.2, 0.25) is 0 Å². The third-order valence-corrected chi connectivity index (χ3v) is 4.00. The Labute approximate surface area is 125 Å². The summed E-state index contributed by atoms with van der Waals surface area (Å²) in [7, 11) is 0. The van der Waals surface area contributed by atoms with E-state index in [1.807, 2.05) is 12.3 Å². The molecule has 1 heterocycles. The zero-order valence-corrected chi connectivity index (χ0v) is 12.5. The largest absolute Gasteiger partial charge is 0.324 e. The van der Waals surface area contributed by atoms with Crippen LogP contribution in [0.5, 0.6) is 0 Å². The third-order valence-electron chi connectivity index (χ3n) is 4.00. The maximum atomic E-state index is 6.41. The Hall–Kier alpha value is -2.19. The summed E-state index contributed by atoms with van der Waals surface area (Å²) in [6.45, 7) is 4.26. The van der Waals surface area contributed by atoms with Crippen LogP contribution in [0.2, 0.25) is 0 Å². The van der Waals surface area contributed by atoms with E-state index in [1.165, 1.54) is 16.7 Å². The van der Waals surface area contributed by atoms with Gasteiger partial charge in [-0.1, -0.05) is 42.0 Å². The molecular weight excluding hydrogens is 256 g/mol.